The maximum Gasteiger partial charge on any atom is 0.481 e. The minimum atomic E-state index is -5.54. The molecule has 3 rings (SSSR count). The second-order valence-electron chi connectivity index (χ2n) is 12.2. The van der Waals surface area contributed by atoms with Crippen LogP contribution >= 0.6 is 35.2 Å². The molecule has 2 amide bonds. The van der Waals surface area contributed by atoms with Crippen molar-refractivity contribution in [2.75, 3.05) is 37.8 Å². The summed E-state index contributed by atoms with van der Waals surface area (Å²) in [7, 11) is -16.3. The van der Waals surface area contributed by atoms with Crippen LogP contribution in [0.1, 0.15) is 46.8 Å². The van der Waals surface area contributed by atoms with Gasteiger partial charge >= 0.3 is 23.5 Å². The molecule has 3 unspecified atom stereocenters. The second-order valence-corrected chi connectivity index (χ2v) is 17.9. The highest BCUT2D eigenvalue weighted by molar-refractivity contribution is 7.99. The Balaban J connectivity index is 1.54. The smallest absolute Gasteiger partial charge is 0.386 e. The third-order valence-corrected chi connectivity index (χ3v) is 11.9. The zero-order chi connectivity index (χ0) is 39.1. The van der Waals surface area contributed by atoms with Crippen LogP contribution in [0.5, 0.6) is 0 Å². The fraction of sp³-hybridized carbons (Fsp3) is 0.720. The third kappa shape index (κ3) is 13.0. The van der Waals surface area contributed by atoms with E-state index in [2.05, 4.69) is 48.3 Å². The van der Waals surface area contributed by atoms with Crippen molar-refractivity contribution in [2.24, 2.45) is 5.41 Å². The minimum absolute atomic E-state index is 0.0342. The number of rotatable bonds is 21. The number of fused-ring (bicyclic) bond motifs is 1. The van der Waals surface area contributed by atoms with Crippen molar-refractivity contribution in [2.45, 2.75) is 76.4 Å². The predicted octanol–water partition coefficient (Wildman–Crippen LogP) is -0.0634. The summed E-state index contributed by atoms with van der Waals surface area (Å²) in [5, 5.41) is 26.9. The van der Waals surface area contributed by atoms with Crippen LogP contribution in [0, 0.1) is 5.41 Å². The standard InChI is InChI=1S/C25H44N7O16P3S/c1-5-14(2)52-9-8-27-16(33)6-7-28-23(36)20(35)25(3,4)11-45-51(42,43)48-50(40,41)44-10-15-19(47-49(37,38)39)18(34)24(46-15)32-13-31-17-21(26)29-12-30-22(17)32/h12-15,18-20,24,34-35H,5-11H2,1-4H3,(H,27,33)(H,28,36)(H,40,41)(H,42,43)(H2,26,29,30)(H2,37,38,39)/t14?,15-,18-,19-,20+,24-/m1/s1. The Hall–Kier alpha value is -2.11. The molecule has 0 aromatic carbocycles. The van der Waals surface area contributed by atoms with Gasteiger partial charge in [0.2, 0.25) is 11.8 Å². The van der Waals surface area contributed by atoms with Crippen molar-refractivity contribution in [3.05, 3.63) is 12.7 Å². The highest BCUT2D eigenvalue weighted by atomic mass is 32.2. The lowest BCUT2D eigenvalue weighted by Gasteiger charge is -2.30. The van der Waals surface area contributed by atoms with Crippen molar-refractivity contribution in [1.29, 1.82) is 0 Å². The topological polar surface area (TPSA) is 347 Å². The SMILES string of the molecule is CCC(C)SCCNC(=O)CCNC(=O)[C@H](O)C(C)(C)COP(=O)(O)OP(=O)(O)OC[C@H]1O[C@@H](n2cnc3c(N)ncnc32)[C@H](O)[C@@H]1OP(=O)(O)O. The summed E-state index contributed by atoms with van der Waals surface area (Å²) in [5.41, 5.74) is 4.32. The number of imidazole rings is 1. The average molecular weight is 824 g/mol. The van der Waals surface area contributed by atoms with Crippen molar-refractivity contribution in [3.63, 3.8) is 0 Å². The molecular formula is C25H44N7O16P3S. The average Bonchev–Trinajstić information content (AvgIpc) is 3.60. The summed E-state index contributed by atoms with van der Waals surface area (Å²) < 4.78 is 62.0. The maximum atomic E-state index is 12.6. The highest BCUT2D eigenvalue weighted by Crippen LogP contribution is 2.61. The van der Waals surface area contributed by atoms with Crippen LogP contribution < -0.4 is 16.4 Å². The lowest BCUT2D eigenvalue weighted by molar-refractivity contribution is -0.137. The number of carbonyl (C=O) groups is 2. The number of phosphoric ester groups is 3. The van der Waals surface area contributed by atoms with Gasteiger partial charge in [0.15, 0.2) is 17.7 Å². The molecule has 1 saturated heterocycles. The number of nitrogens with two attached hydrogens (primary N) is 1. The van der Waals surface area contributed by atoms with Gasteiger partial charge in [0.25, 0.3) is 0 Å². The largest absolute Gasteiger partial charge is 0.481 e. The van der Waals surface area contributed by atoms with Gasteiger partial charge in [-0.3, -0.25) is 27.7 Å². The first kappa shape index (κ1) is 44.3. The maximum absolute atomic E-state index is 12.6. The molecule has 1 aliphatic heterocycles. The molecule has 0 aliphatic carbocycles. The van der Waals surface area contributed by atoms with Crippen LogP contribution in [0.2, 0.25) is 0 Å². The molecule has 1 aliphatic rings. The van der Waals surface area contributed by atoms with E-state index >= 15 is 0 Å². The molecule has 23 nitrogen and oxygen atoms in total. The Labute approximate surface area is 301 Å². The van der Waals surface area contributed by atoms with Gasteiger partial charge < -0.3 is 50.9 Å². The van der Waals surface area contributed by atoms with Crippen LogP contribution in [0.3, 0.4) is 0 Å². The number of carbonyl (C=O) groups excluding carboxylic acids is 2. The monoisotopic (exact) mass is 823 g/mol. The molecule has 8 atom stereocenters. The molecule has 27 heteroatoms. The zero-order valence-electron chi connectivity index (χ0n) is 28.5. The van der Waals surface area contributed by atoms with Crippen LogP contribution in [0.25, 0.3) is 11.2 Å². The molecular weight excluding hydrogens is 779 g/mol. The van der Waals surface area contributed by atoms with Gasteiger partial charge in [-0.25, -0.2) is 28.6 Å². The van der Waals surface area contributed by atoms with E-state index in [4.69, 9.17) is 19.5 Å². The van der Waals surface area contributed by atoms with Gasteiger partial charge in [0, 0.05) is 35.9 Å². The van der Waals surface area contributed by atoms with Crippen molar-refractivity contribution < 1.29 is 75.7 Å². The summed E-state index contributed by atoms with van der Waals surface area (Å²) in [5.74, 6) is -0.554. The number of anilines is 1. The van der Waals surface area contributed by atoms with E-state index in [1.165, 1.54) is 13.8 Å². The predicted molar refractivity (Wildman–Crippen MR) is 182 cm³/mol. The van der Waals surface area contributed by atoms with E-state index in [0.29, 0.717) is 11.8 Å². The number of nitrogen functional groups attached to an aromatic ring is 1. The Bertz CT molecular complexity index is 1680. The molecule has 10 N–H and O–H groups in total. The van der Waals surface area contributed by atoms with Crippen LogP contribution in [-0.4, -0.2) is 123 Å². The van der Waals surface area contributed by atoms with Crippen molar-refractivity contribution in [1.82, 2.24) is 30.2 Å². The molecule has 0 spiro atoms. The van der Waals surface area contributed by atoms with Gasteiger partial charge in [0.05, 0.1) is 19.5 Å². The Morgan fingerprint density at radius 2 is 1.77 bits per heavy atom. The fourth-order valence-electron chi connectivity index (χ4n) is 4.51. The van der Waals surface area contributed by atoms with Gasteiger partial charge in [-0.15, -0.1) is 0 Å². The van der Waals surface area contributed by atoms with Crippen molar-refractivity contribution >= 4 is 64.0 Å². The Morgan fingerprint density at radius 1 is 1.10 bits per heavy atom. The van der Waals surface area contributed by atoms with E-state index in [-0.39, 0.29) is 35.9 Å². The van der Waals surface area contributed by atoms with E-state index in [1.54, 1.807) is 11.8 Å². The lowest BCUT2D eigenvalue weighted by Crippen LogP contribution is -2.46. The van der Waals surface area contributed by atoms with E-state index < -0.39 is 78.6 Å². The molecule has 0 bridgehead atoms. The van der Waals surface area contributed by atoms with E-state index in [9.17, 15) is 53.1 Å². The summed E-state index contributed by atoms with van der Waals surface area (Å²) in [4.78, 5) is 75.4. The molecule has 2 aromatic rings. The number of ether oxygens (including phenoxy) is 1. The second kappa shape index (κ2) is 18.5. The number of aromatic nitrogens is 4. The van der Waals surface area contributed by atoms with Crippen LogP contribution in [-0.2, 0) is 45.9 Å². The van der Waals surface area contributed by atoms with E-state index in [0.717, 1.165) is 29.4 Å². The molecule has 52 heavy (non-hydrogen) atoms. The summed E-state index contributed by atoms with van der Waals surface area (Å²) >= 11 is 1.71. The molecule has 3 heterocycles. The summed E-state index contributed by atoms with van der Waals surface area (Å²) in [6.45, 7) is 5.05. The van der Waals surface area contributed by atoms with E-state index in [1.807, 2.05) is 0 Å². The number of phosphoric acid groups is 3. The van der Waals surface area contributed by atoms with Gasteiger partial charge in [0.1, 0.15) is 36.3 Å². The number of aliphatic hydroxyl groups is 2. The Kier molecular flexibility index (Phi) is 15.7. The number of amides is 2. The summed E-state index contributed by atoms with van der Waals surface area (Å²) in [6, 6.07) is 0. The van der Waals surface area contributed by atoms with Crippen LogP contribution in [0.15, 0.2) is 12.7 Å². The third-order valence-electron chi connectivity index (χ3n) is 7.48. The normalized spacial score (nSPS) is 23.1. The first-order valence-electron chi connectivity index (χ1n) is 15.6. The van der Waals surface area contributed by atoms with Crippen LogP contribution in [0.4, 0.5) is 5.82 Å². The number of aliphatic hydroxyl groups excluding tert-OH is 2. The molecule has 0 radical (unpaired) electrons. The van der Waals surface area contributed by atoms with Gasteiger partial charge in [-0.2, -0.15) is 16.1 Å². The lowest BCUT2D eigenvalue weighted by atomic mass is 9.87. The number of hydrogen-bond donors (Lipinski definition) is 9. The number of nitrogens with one attached hydrogen (secondary N) is 2. The molecule has 1 fully saturated rings. The fourth-order valence-corrected chi connectivity index (χ4v) is 8.20. The van der Waals surface area contributed by atoms with Crippen molar-refractivity contribution in [3.8, 4) is 0 Å². The summed E-state index contributed by atoms with van der Waals surface area (Å²) in [6.07, 6.45) is -5.70. The number of nitrogens with zero attached hydrogens (tertiary/aromatic N) is 4. The zero-order valence-corrected chi connectivity index (χ0v) is 32.0. The minimum Gasteiger partial charge on any atom is -0.386 e. The van der Waals surface area contributed by atoms with Gasteiger partial charge in [-0.1, -0.05) is 27.7 Å². The first-order chi connectivity index (χ1) is 24.1. The number of thioether (sulfide) groups is 1. The molecule has 2 aromatic heterocycles. The number of hydrogen-bond acceptors (Lipinski definition) is 17. The molecule has 296 valence electrons. The first-order valence-corrected chi connectivity index (χ1v) is 21.1. The van der Waals surface area contributed by atoms with Gasteiger partial charge in [-0.05, 0) is 6.42 Å². The quantitative estimate of drug-likeness (QED) is 0.0588. The molecule has 0 saturated carbocycles. The highest BCUT2D eigenvalue weighted by Gasteiger charge is 2.50. The Morgan fingerprint density at radius 3 is 2.42 bits per heavy atom.